The van der Waals surface area contributed by atoms with Crippen molar-refractivity contribution in [2.75, 3.05) is 41.9 Å². The molecule has 0 aromatic heterocycles. The van der Waals surface area contributed by atoms with Gasteiger partial charge in [0.25, 0.3) is 15.7 Å². The first kappa shape index (κ1) is 20.3. The number of amides is 1. The predicted octanol–water partition coefficient (Wildman–Crippen LogP) is 2.61. The number of benzene rings is 3. The lowest BCUT2D eigenvalue weighted by atomic mass is 10.1. The molecule has 0 radical (unpaired) electrons. The fourth-order valence-electron chi connectivity index (χ4n) is 4.35. The van der Waals surface area contributed by atoms with Crippen LogP contribution >= 0.6 is 0 Å². The van der Waals surface area contributed by atoms with Crippen LogP contribution in [0.2, 0.25) is 0 Å². The van der Waals surface area contributed by atoms with Crippen LogP contribution in [0.3, 0.4) is 0 Å². The van der Waals surface area contributed by atoms with E-state index in [0.29, 0.717) is 37.3 Å². The van der Waals surface area contributed by atoms with Crippen LogP contribution in [0.5, 0.6) is 0 Å². The number of carbonyl (C=O) groups is 1. The summed E-state index contributed by atoms with van der Waals surface area (Å²) in [6.07, 6.45) is 0. The van der Waals surface area contributed by atoms with Gasteiger partial charge in [-0.25, -0.2) is 8.42 Å². The van der Waals surface area contributed by atoms with Gasteiger partial charge < -0.3 is 9.80 Å². The SMILES string of the molecule is O=C(CN1c2cccc3cccc(c23)S1(=O)=O)N1CCN(c2ccc([N+](=O)[O-])cc2)CC1. The van der Waals surface area contributed by atoms with E-state index in [-0.39, 0.29) is 23.0 Å². The van der Waals surface area contributed by atoms with Gasteiger partial charge in [-0.05, 0) is 29.7 Å². The van der Waals surface area contributed by atoms with E-state index in [1.54, 1.807) is 41.3 Å². The van der Waals surface area contributed by atoms with Crippen molar-refractivity contribution in [1.29, 1.82) is 0 Å². The fourth-order valence-corrected chi connectivity index (χ4v) is 6.01. The average molecular weight is 452 g/mol. The molecule has 164 valence electrons. The van der Waals surface area contributed by atoms with E-state index >= 15 is 0 Å². The Hall–Kier alpha value is -3.66. The van der Waals surface area contributed by atoms with Crippen molar-refractivity contribution in [3.63, 3.8) is 0 Å². The quantitative estimate of drug-likeness (QED) is 0.445. The number of carbonyl (C=O) groups excluding carboxylic acids is 1. The predicted molar refractivity (Wildman–Crippen MR) is 120 cm³/mol. The second kappa shape index (κ2) is 7.49. The van der Waals surface area contributed by atoms with Crippen LogP contribution in [-0.2, 0) is 14.8 Å². The maximum absolute atomic E-state index is 13.1. The highest BCUT2D eigenvalue weighted by Crippen LogP contribution is 2.41. The number of anilines is 2. The van der Waals surface area contributed by atoms with E-state index in [1.165, 1.54) is 16.4 Å². The molecule has 5 rings (SSSR count). The van der Waals surface area contributed by atoms with E-state index in [1.807, 2.05) is 12.1 Å². The van der Waals surface area contributed by atoms with Crippen LogP contribution < -0.4 is 9.21 Å². The average Bonchev–Trinajstić information content (AvgIpc) is 3.02. The van der Waals surface area contributed by atoms with Crippen LogP contribution in [0.4, 0.5) is 17.1 Å². The van der Waals surface area contributed by atoms with Gasteiger partial charge in [0.05, 0.1) is 15.5 Å². The number of nitro benzene ring substituents is 1. The van der Waals surface area contributed by atoms with Gasteiger partial charge in [-0.3, -0.25) is 19.2 Å². The number of hydrogen-bond donors (Lipinski definition) is 0. The summed E-state index contributed by atoms with van der Waals surface area (Å²) in [4.78, 5) is 27.3. The van der Waals surface area contributed by atoms with Crippen LogP contribution in [0.25, 0.3) is 10.8 Å². The third kappa shape index (κ3) is 3.23. The summed E-state index contributed by atoms with van der Waals surface area (Å²) in [7, 11) is -3.78. The van der Waals surface area contributed by atoms with Crippen LogP contribution in [0, 0.1) is 10.1 Å². The third-order valence-electron chi connectivity index (χ3n) is 6.02. The minimum absolute atomic E-state index is 0.0328. The maximum atomic E-state index is 13.1. The number of hydrogen-bond acceptors (Lipinski definition) is 6. The van der Waals surface area contributed by atoms with Gasteiger partial charge in [-0.2, -0.15) is 0 Å². The van der Waals surface area contributed by atoms with E-state index in [4.69, 9.17) is 0 Å². The zero-order chi connectivity index (χ0) is 22.5. The number of sulfonamides is 1. The molecular weight excluding hydrogens is 432 g/mol. The maximum Gasteiger partial charge on any atom is 0.269 e. The largest absolute Gasteiger partial charge is 0.368 e. The van der Waals surface area contributed by atoms with Crippen molar-refractivity contribution in [2.45, 2.75) is 4.90 Å². The van der Waals surface area contributed by atoms with Gasteiger partial charge in [0.2, 0.25) is 5.91 Å². The second-order valence-corrected chi connectivity index (χ2v) is 9.62. The molecule has 2 aliphatic rings. The number of nitro groups is 1. The Morgan fingerprint density at radius 2 is 1.59 bits per heavy atom. The Balaban J connectivity index is 1.29. The Labute approximate surface area is 184 Å². The van der Waals surface area contributed by atoms with Crippen LogP contribution in [-0.4, -0.2) is 56.9 Å². The van der Waals surface area contributed by atoms with Gasteiger partial charge in [-0.1, -0.05) is 24.3 Å². The molecule has 0 unspecified atom stereocenters. The molecule has 3 aromatic carbocycles. The molecule has 3 aromatic rings. The Morgan fingerprint density at radius 3 is 2.25 bits per heavy atom. The number of piperazine rings is 1. The van der Waals surface area contributed by atoms with Crippen molar-refractivity contribution >= 4 is 43.8 Å². The minimum Gasteiger partial charge on any atom is -0.368 e. The molecule has 2 aliphatic heterocycles. The molecule has 1 fully saturated rings. The molecule has 0 bridgehead atoms. The zero-order valence-corrected chi connectivity index (χ0v) is 17.9. The Bertz CT molecular complexity index is 1330. The monoisotopic (exact) mass is 452 g/mol. The standard InChI is InChI=1S/C22H20N4O5S/c27-21(24-13-11-23(12-14-24)17-7-9-18(10-8-17)26(28)29)15-25-19-5-1-3-16-4-2-6-20(22(16)19)32(25,30)31/h1-10H,11-15H2. The van der Waals surface area contributed by atoms with Crippen molar-refractivity contribution in [3.05, 3.63) is 70.8 Å². The van der Waals surface area contributed by atoms with Crippen molar-refractivity contribution in [1.82, 2.24) is 4.90 Å². The molecule has 9 nitrogen and oxygen atoms in total. The lowest BCUT2D eigenvalue weighted by molar-refractivity contribution is -0.384. The van der Waals surface area contributed by atoms with E-state index in [0.717, 1.165) is 11.1 Å². The molecule has 10 heteroatoms. The zero-order valence-electron chi connectivity index (χ0n) is 17.0. The molecule has 32 heavy (non-hydrogen) atoms. The molecule has 0 aliphatic carbocycles. The van der Waals surface area contributed by atoms with Crippen LogP contribution in [0.15, 0.2) is 65.6 Å². The van der Waals surface area contributed by atoms with Gasteiger partial charge in [0, 0.05) is 49.4 Å². The number of rotatable bonds is 4. The topological polar surface area (TPSA) is 104 Å². The summed E-state index contributed by atoms with van der Waals surface area (Å²) in [6.45, 7) is 1.77. The summed E-state index contributed by atoms with van der Waals surface area (Å²) in [6, 6.07) is 16.9. The summed E-state index contributed by atoms with van der Waals surface area (Å²) < 4.78 is 27.4. The molecular formula is C22H20N4O5S. The lowest BCUT2D eigenvalue weighted by Crippen LogP contribution is -2.51. The second-order valence-electron chi connectivity index (χ2n) is 7.78. The summed E-state index contributed by atoms with van der Waals surface area (Å²) in [5.74, 6) is -0.248. The smallest absolute Gasteiger partial charge is 0.269 e. The molecule has 1 amide bonds. The summed E-state index contributed by atoms with van der Waals surface area (Å²) in [5, 5.41) is 12.3. The van der Waals surface area contributed by atoms with E-state index in [9.17, 15) is 23.3 Å². The lowest BCUT2D eigenvalue weighted by Gasteiger charge is -2.36. The molecule has 0 saturated carbocycles. The van der Waals surface area contributed by atoms with Gasteiger partial charge in [-0.15, -0.1) is 0 Å². The van der Waals surface area contributed by atoms with Crippen LogP contribution in [0.1, 0.15) is 0 Å². The van der Waals surface area contributed by atoms with Crippen molar-refractivity contribution in [3.8, 4) is 0 Å². The molecule has 0 N–H and O–H groups in total. The van der Waals surface area contributed by atoms with E-state index < -0.39 is 14.9 Å². The molecule has 0 spiro atoms. The Kier molecular flexibility index (Phi) is 4.74. The molecule has 2 heterocycles. The fraction of sp³-hybridized carbons (Fsp3) is 0.227. The van der Waals surface area contributed by atoms with E-state index in [2.05, 4.69) is 4.90 Å². The minimum atomic E-state index is -3.78. The van der Waals surface area contributed by atoms with Gasteiger partial charge in [0.1, 0.15) is 6.54 Å². The highest BCUT2D eigenvalue weighted by molar-refractivity contribution is 7.93. The highest BCUT2D eigenvalue weighted by Gasteiger charge is 2.37. The molecule has 0 atom stereocenters. The number of nitrogens with zero attached hydrogens (tertiary/aromatic N) is 4. The normalized spacial score (nSPS) is 17.1. The molecule has 1 saturated heterocycles. The van der Waals surface area contributed by atoms with Gasteiger partial charge in [0.15, 0.2) is 0 Å². The third-order valence-corrected chi connectivity index (χ3v) is 7.82. The van der Waals surface area contributed by atoms with Crippen molar-refractivity contribution in [2.24, 2.45) is 0 Å². The highest BCUT2D eigenvalue weighted by atomic mass is 32.2. The first-order valence-corrected chi connectivity index (χ1v) is 11.6. The van der Waals surface area contributed by atoms with Crippen molar-refractivity contribution < 1.29 is 18.1 Å². The first-order chi connectivity index (χ1) is 15.4. The first-order valence-electron chi connectivity index (χ1n) is 10.2. The number of non-ortho nitro benzene ring substituents is 1. The summed E-state index contributed by atoms with van der Waals surface area (Å²) in [5.41, 5.74) is 1.42. The Morgan fingerprint density at radius 1 is 0.938 bits per heavy atom. The van der Waals surface area contributed by atoms with Gasteiger partial charge >= 0.3 is 0 Å². The summed E-state index contributed by atoms with van der Waals surface area (Å²) >= 11 is 0.